The predicted molar refractivity (Wildman–Crippen MR) is 78.4 cm³/mol. The van der Waals surface area contributed by atoms with Crippen molar-refractivity contribution >= 4 is 95.6 Å². The summed E-state index contributed by atoms with van der Waals surface area (Å²) in [7, 11) is 0. The van der Waals surface area contributed by atoms with Crippen LogP contribution >= 0.6 is 95.6 Å². The molecule has 0 amide bonds. The molecular formula is C6H4Br6O. The lowest BCUT2D eigenvalue weighted by Crippen LogP contribution is -2.27. The van der Waals surface area contributed by atoms with Gasteiger partial charge in [0.25, 0.3) is 0 Å². The van der Waals surface area contributed by atoms with Gasteiger partial charge < -0.3 is 4.74 Å². The Morgan fingerprint density at radius 2 is 1.08 bits per heavy atom. The van der Waals surface area contributed by atoms with E-state index < -0.39 is 6.84 Å². The molecule has 0 rings (SSSR count). The third-order valence-electron chi connectivity index (χ3n) is 0.888. The molecule has 0 fully saturated rings. The number of alkyl halides is 4. The maximum atomic E-state index is 5.52. The Kier molecular flexibility index (Phi) is 6.59. The number of hydrogen-bond acceptors (Lipinski definition) is 1. The van der Waals surface area contributed by atoms with E-state index >= 15 is 0 Å². The van der Waals surface area contributed by atoms with Crippen molar-refractivity contribution in [1.29, 1.82) is 0 Å². The Labute approximate surface area is 128 Å². The molecule has 0 aliphatic rings. The summed E-state index contributed by atoms with van der Waals surface area (Å²) in [6.07, 6.45) is 0. The van der Waals surface area contributed by atoms with Gasteiger partial charge >= 0.3 is 0 Å². The zero-order valence-corrected chi connectivity index (χ0v) is 15.6. The first-order valence-electron chi connectivity index (χ1n) is 2.75. The summed E-state index contributed by atoms with van der Waals surface area (Å²) in [6.45, 7) is 7.36. The highest BCUT2D eigenvalue weighted by molar-refractivity contribution is 9.27. The number of ether oxygens (including phenoxy) is 1. The first kappa shape index (κ1) is 15.3. The van der Waals surface area contributed by atoms with Crippen molar-refractivity contribution in [3.63, 3.8) is 0 Å². The molecule has 0 aromatic heterocycles. The minimum atomic E-state index is -0.871. The van der Waals surface area contributed by atoms with E-state index in [-0.39, 0.29) is 0 Å². The van der Waals surface area contributed by atoms with Gasteiger partial charge in [0, 0.05) is 8.96 Å². The average molecular weight is 572 g/mol. The molecule has 0 unspecified atom stereocenters. The normalized spacial score (nSPS) is 12.8. The smallest absolute Gasteiger partial charge is 0.212 e. The van der Waals surface area contributed by atoms with Crippen LogP contribution in [0.4, 0.5) is 0 Å². The summed E-state index contributed by atoms with van der Waals surface area (Å²) in [5.41, 5.74) is 0. The first-order chi connectivity index (χ1) is 5.59. The highest BCUT2D eigenvalue weighted by Gasteiger charge is 2.38. The lowest BCUT2D eigenvalue weighted by Gasteiger charge is -2.29. The van der Waals surface area contributed by atoms with Gasteiger partial charge in [0.2, 0.25) is 6.84 Å². The third kappa shape index (κ3) is 5.26. The van der Waals surface area contributed by atoms with Gasteiger partial charge in [0.15, 0.2) is 0 Å². The van der Waals surface area contributed by atoms with E-state index in [9.17, 15) is 0 Å². The molecule has 0 radical (unpaired) electrons. The standard InChI is InChI=1S/C6H4Br6O/c1-3(7)5(9,10)13-6(11,12)4(2)8/h1-2H2. The van der Waals surface area contributed by atoms with E-state index in [4.69, 9.17) is 4.74 Å². The average Bonchev–Trinajstić information content (AvgIpc) is 1.83. The van der Waals surface area contributed by atoms with Crippen molar-refractivity contribution in [2.75, 3.05) is 0 Å². The van der Waals surface area contributed by atoms with E-state index in [2.05, 4.69) is 109 Å². The van der Waals surface area contributed by atoms with Crippen LogP contribution in [0.3, 0.4) is 0 Å². The summed E-state index contributed by atoms with van der Waals surface area (Å²) < 4.78 is 4.97. The quantitative estimate of drug-likeness (QED) is 0.393. The Bertz CT molecular complexity index is 209. The predicted octanol–water partition coefficient (Wildman–Crippen LogP) is 5.71. The van der Waals surface area contributed by atoms with Crippen molar-refractivity contribution in [2.24, 2.45) is 0 Å². The van der Waals surface area contributed by atoms with Crippen LogP contribution in [0, 0.1) is 0 Å². The molecular weight excluding hydrogens is 567 g/mol. The molecule has 7 heteroatoms. The molecule has 0 spiro atoms. The maximum absolute atomic E-state index is 5.52. The fourth-order valence-corrected chi connectivity index (χ4v) is 2.27. The van der Waals surface area contributed by atoms with Crippen LogP contribution in [-0.2, 0) is 4.74 Å². The molecule has 0 aromatic carbocycles. The molecule has 0 aliphatic carbocycles. The largest absolute Gasteiger partial charge is 0.316 e. The van der Waals surface area contributed by atoms with Gasteiger partial charge in [-0.2, -0.15) is 0 Å². The Balaban J connectivity index is 4.61. The molecule has 0 bridgehead atoms. The monoisotopic (exact) mass is 566 g/mol. The van der Waals surface area contributed by atoms with Crippen LogP contribution in [-0.4, -0.2) is 6.84 Å². The van der Waals surface area contributed by atoms with Crippen LogP contribution < -0.4 is 0 Å². The number of hydrogen-bond donors (Lipinski definition) is 0. The minimum Gasteiger partial charge on any atom is -0.316 e. The summed E-state index contributed by atoms with van der Waals surface area (Å²) in [5, 5.41) is 0. The van der Waals surface area contributed by atoms with Gasteiger partial charge in [-0.25, -0.2) is 0 Å². The van der Waals surface area contributed by atoms with Crippen LogP contribution in [0.15, 0.2) is 22.1 Å². The van der Waals surface area contributed by atoms with Gasteiger partial charge in [-0.05, 0) is 63.7 Å². The molecule has 0 saturated carbocycles. The fraction of sp³-hybridized carbons (Fsp3) is 0.333. The van der Waals surface area contributed by atoms with Crippen LogP contribution in [0.2, 0.25) is 0 Å². The summed E-state index contributed by atoms with van der Waals surface area (Å²) in [6, 6.07) is 0. The van der Waals surface area contributed by atoms with E-state index in [1.165, 1.54) is 0 Å². The second-order valence-electron chi connectivity index (χ2n) is 1.95. The van der Waals surface area contributed by atoms with Gasteiger partial charge in [-0.15, -0.1) is 0 Å². The molecule has 0 aromatic rings. The summed E-state index contributed by atoms with van der Waals surface area (Å²) in [5.74, 6) is 0. The summed E-state index contributed by atoms with van der Waals surface area (Å²) >= 11 is 19.5. The minimum absolute atomic E-state index is 0.594. The molecule has 0 heterocycles. The van der Waals surface area contributed by atoms with E-state index in [1.807, 2.05) is 0 Å². The van der Waals surface area contributed by atoms with E-state index in [1.54, 1.807) is 0 Å². The third-order valence-corrected chi connectivity index (χ3v) is 6.69. The highest BCUT2D eigenvalue weighted by Crippen LogP contribution is 2.48. The highest BCUT2D eigenvalue weighted by atomic mass is 79.9. The van der Waals surface area contributed by atoms with Crippen molar-refractivity contribution in [1.82, 2.24) is 0 Å². The van der Waals surface area contributed by atoms with E-state index in [0.717, 1.165) is 0 Å². The first-order valence-corrected chi connectivity index (χ1v) is 7.51. The number of halogens is 6. The molecule has 0 atom stereocenters. The molecule has 0 N–H and O–H groups in total. The van der Waals surface area contributed by atoms with Crippen LogP contribution in [0.25, 0.3) is 0 Å². The zero-order valence-electron chi connectivity index (χ0n) is 6.09. The van der Waals surface area contributed by atoms with Crippen molar-refractivity contribution < 1.29 is 4.74 Å². The van der Waals surface area contributed by atoms with Crippen LogP contribution in [0.5, 0.6) is 0 Å². The summed E-state index contributed by atoms with van der Waals surface area (Å²) in [4.78, 5) is 0. The fourth-order valence-electron chi connectivity index (χ4n) is 0.272. The van der Waals surface area contributed by atoms with Gasteiger partial charge in [-0.3, -0.25) is 0 Å². The SMILES string of the molecule is C=C(Br)C(Br)(Br)OC(Br)(Br)C(=C)Br. The Morgan fingerprint density at radius 1 is 0.846 bits per heavy atom. The van der Waals surface area contributed by atoms with Gasteiger partial charge in [0.05, 0.1) is 0 Å². The van der Waals surface area contributed by atoms with E-state index in [0.29, 0.717) is 8.96 Å². The lowest BCUT2D eigenvalue weighted by atomic mass is 10.6. The second kappa shape index (κ2) is 5.59. The van der Waals surface area contributed by atoms with Crippen molar-refractivity contribution in [2.45, 2.75) is 6.84 Å². The van der Waals surface area contributed by atoms with Crippen molar-refractivity contribution in [3.05, 3.63) is 22.1 Å². The molecule has 13 heavy (non-hydrogen) atoms. The molecule has 76 valence electrons. The van der Waals surface area contributed by atoms with Gasteiger partial charge in [0.1, 0.15) is 0 Å². The maximum Gasteiger partial charge on any atom is 0.212 e. The molecule has 0 aliphatic heterocycles. The molecule has 0 saturated heterocycles. The van der Waals surface area contributed by atoms with Gasteiger partial charge in [-0.1, -0.05) is 45.0 Å². The molecule has 1 nitrogen and oxygen atoms in total. The van der Waals surface area contributed by atoms with Crippen LogP contribution in [0.1, 0.15) is 0 Å². The number of rotatable bonds is 4. The zero-order chi connectivity index (χ0) is 10.9. The van der Waals surface area contributed by atoms with Crippen molar-refractivity contribution in [3.8, 4) is 0 Å². The second-order valence-corrected chi connectivity index (χ2v) is 10.5. The lowest BCUT2D eigenvalue weighted by molar-refractivity contribution is 0.118. The Hall–Kier alpha value is 2.32. The Morgan fingerprint density at radius 3 is 1.23 bits per heavy atom. The topological polar surface area (TPSA) is 9.23 Å².